The Kier molecular flexibility index (Phi) is 2.10. The van der Waals surface area contributed by atoms with Gasteiger partial charge < -0.3 is 0 Å². The second-order valence-corrected chi connectivity index (χ2v) is 5.40. The molecule has 0 bridgehead atoms. The van der Waals surface area contributed by atoms with Crippen LogP contribution in [0.3, 0.4) is 0 Å². The SMILES string of the molecule is C[C@@H]1CN(Cc2ccccc2)C2(CC2)C1. The molecule has 1 saturated carbocycles. The van der Waals surface area contributed by atoms with Crippen LogP contribution in [0.5, 0.6) is 0 Å². The Hall–Kier alpha value is -0.820. The van der Waals surface area contributed by atoms with Crippen LogP contribution < -0.4 is 0 Å². The molecule has 1 aliphatic heterocycles. The van der Waals surface area contributed by atoms with Crippen molar-refractivity contribution in [2.45, 2.75) is 38.3 Å². The number of rotatable bonds is 2. The third kappa shape index (κ3) is 1.69. The van der Waals surface area contributed by atoms with Crippen molar-refractivity contribution in [2.24, 2.45) is 5.92 Å². The predicted octanol–water partition coefficient (Wildman–Crippen LogP) is 3.06. The molecule has 1 heteroatoms. The number of hydrogen-bond acceptors (Lipinski definition) is 1. The second-order valence-electron chi connectivity index (χ2n) is 5.40. The molecule has 0 amide bonds. The first-order valence-corrected chi connectivity index (χ1v) is 6.07. The van der Waals surface area contributed by atoms with Crippen LogP contribution in [0.25, 0.3) is 0 Å². The zero-order valence-electron chi connectivity index (χ0n) is 9.45. The molecule has 80 valence electrons. The van der Waals surface area contributed by atoms with Gasteiger partial charge in [0.05, 0.1) is 0 Å². The van der Waals surface area contributed by atoms with Gasteiger partial charge in [-0.3, -0.25) is 4.90 Å². The largest absolute Gasteiger partial charge is 0.293 e. The maximum absolute atomic E-state index is 2.72. The lowest BCUT2D eigenvalue weighted by atomic mass is 10.1. The molecule has 0 N–H and O–H groups in total. The Bertz CT molecular complexity index is 340. The van der Waals surface area contributed by atoms with Crippen molar-refractivity contribution in [2.75, 3.05) is 6.54 Å². The summed E-state index contributed by atoms with van der Waals surface area (Å²) >= 11 is 0. The maximum Gasteiger partial charge on any atom is 0.0239 e. The van der Waals surface area contributed by atoms with Crippen molar-refractivity contribution < 1.29 is 0 Å². The first-order chi connectivity index (χ1) is 7.28. The second kappa shape index (κ2) is 3.34. The summed E-state index contributed by atoms with van der Waals surface area (Å²) < 4.78 is 0. The summed E-state index contributed by atoms with van der Waals surface area (Å²) in [4.78, 5) is 2.72. The Morgan fingerprint density at radius 1 is 1.27 bits per heavy atom. The third-order valence-electron chi connectivity index (χ3n) is 3.97. The molecule has 0 aromatic heterocycles. The minimum Gasteiger partial charge on any atom is -0.293 e. The van der Waals surface area contributed by atoms with Crippen LogP contribution in [-0.4, -0.2) is 17.0 Å². The Morgan fingerprint density at radius 2 is 2.00 bits per heavy atom. The van der Waals surface area contributed by atoms with Crippen molar-refractivity contribution in [3.8, 4) is 0 Å². The molecule has 1 nitrogen and oxygen atoms in total. The quantitative estimate of drug-likeness (QED) is 0.711. The van der Waals surface area contributed by atoms with E-state index < -0.39 is 0 Å². The van der Waals surface area contributed by atoms with E-state index in [0.717, 1.165) is 12.5 Å². The fraction of sp³-hybridized carbons (Fsp3) is 0.571. The number of likely N-dealkylation sites (tertiary alicyclic amines) is 1. The van der Waals surface area contributed by atoms with Crippen LogP contribution >= 0.6 is 0 Å². The number of benzene rings is 1. The fourth-order valence-electron chi connectivity index (χ4n) is 3.11. The Labute approximate surface area is 92.1 Å². The van der Waals surface area contributed by atoms with E-state index in [1.54, 1.807) is 0 Å². The van der Waals surface area contributed by atoms with E-state index in [4.69, 9.17) is 0 Å². The minimum absolute atomic E-state index is 0.620. The third-order valence-corrected chi connectivity index (χ3v) is 3.97. The maximum atomic E-state index is 2.72. The highest BCUT2D eigenvalue weighted by Gasteiger charge is 2.52. The summed E-state index contributed by atoms with van der Waals surface area (Å²) in [5, 5.41) is 0. The average Bonchev–Trinajstić information content (AvgIpc) is 2.92. The van der Waals surface area contributed by atoms with Crippen molar-refractivity contribution in [1.82, 2.24) is 4.90 Å². The van der Waals surface area contributed by atoms with Gasteiger partial charge >= 0.3 is 0 Å². The van der Waals surface area contributed by atoms with Gasteiger partial charge in [0.25, 0.3) is 0 Å². The molecule has 1 aliphatic carbocycles. The van der Waals surface area contributed by atoms with Gasteiger partial charge in [-0.15, -0.1) is 0 Å². The van der Waals surface area contributed by atoms with E-state index in [2.05, 4.69) is 42.2 Å². The summed E-state index contributed by atoms with van der Waals surface area (Å²) in [6.07, 6.45) is 4.30. The Morgan fingerprint density at radius 3 is 2.67 bits per heavy atom. The number of nitrogens with zero attached hydrogens (tertiary/aromatic N) is 1. The molecular formula is C14H19N. The molecular weight excluding hydrogens is 182 g/mol. The van der Waals surface area contributed by atoms with Crippen LogP contribution in [0.1, 0.15) is 31.7 Å². The topological polar surface area (TPSA) is 3.24 Å². The molecule has 2 fully saturated rings. The Balaban J connectivity index is 1.74. The summed E-state index contributed by atoms with van der Waals surface area (Å²) in [5.41, 5.74) is 2.09. The minimum atomic E-state index is 0.620. The summed E-state index contributed by atoms with van der Waals surface area (Å²) in [6, 6.07) is 10.9. The van der Waals surface area contributed by atoms with E-state index in [1.165, 1.54) is 31.4 Å². The molecule has 3 rings (SSSR count). The molecule has 15 heavy (non-hydrogen) atoms. The van der Waals surface area contributed by atoms with Gasteiger partial charge in [-0.05, 0) is 30.7 Å². The molecule has 1 aromatic carbocycles. The van der Waals surface area contributed by atoms with E-state index in [0.29, 0.717) is 5.54 Å². The zero-order valence-corrected chi connectivity index (χ0v) is 9.45. The van der Waals surface area contributed by atoms with Gasteiger partial charge in [0.2, 0.25) is 0 Å². The van der Waals surface area contributed by atoms with Crippen LogP contribution in [0.4, 0.5) is 0 Å². The van der Waals surface area contributed by atoms with E-state index in [-0.39, 0.29) is 0 Å². The van der Waals surface area contributed by atoms with Crippen LogP contribution in [0.2, 0.25) is 0 Å². The van der Waals surface area contributed by atoms with Gasteiger partial charge in [0.1, 0.15) is 0 Å². The molecule has 1 atom stereocenters. The summed E-state index contributed by atoms with van der Waals surface area (Å²) in [7, 11) is 0. The van der Waals surface area contributed by atoms with Gasteiger partial charge in [-0.1, -0.05) is 37.3 Å². The van der Waals surface area contributed by atoms with Crippen molar-refractivity contribution in [3.63, 3.8) is 0 Å². The van der Waals surface area contributed by atoms with Crippen LogP contribution in [0, 0.1) is 5.92 Å². The van der Waals surface area contributed by atoms with Crippen molar-refractivity contribution in [3.05, 3.63) is 35.9 Å². The van der Waals surface area contributed by atoms with Gasteiger partial charge in [0.15, 0.2) is 0 Å². The standard InChI is InChI=1S/C14H19N/c1-12-9-14(7-8-14)15(10-12)11-13-5-3-2-4-6-13/h2-6,12H,7-11H2,1H3/t12-/m0/s1. The van der Waals surface area contributed by atoms with Gasteiger partial charge in [0, 0.05) is 18.6 Å². The fourth-order valence-corrected chi connectivity index (χ4v) is 3.11. The first kappa shape index (κ1) is 9.41. The first-order valence-electron chi connectivity index (χ1n) is 6.07. The monoisotopic (exact) mass is 201 g/mol. The lowest BCUT2D eigenvalue weighted by molar-refractivity contribution is 0.225. The highest BCUT2D eigenvalue weighted by Crippen LogP contribution is 2.51. The van der Waals surface area contributed by atoms with Crippen molar-refractivity contribution in [1.29, 1.82) is 0 Å². The molecule has 1 heterocycles. The van der Waals surface area contributed by atoms with E-state index in [1.807, 2.05) is 0 Å². The summed E-state index contributed by atoms with van der Waals surface area (Å²) in [6.45, 7) is 4.85. The number of hydrogen-bond donors (Lipinski definition) is 0. The van der Waals surface area contributed by atoms with Crippen LogP contribution in [0.15, 0.2) is 30.3 Å². The van der Waals surface area contributed by atoms with Crippen LogP contribution in [-0.2, 0) is 6.54 Å². The predicted molar refractivity (Wildman–Crippen MR) is 62.6 cm³/mol. The molecule has 0 unspecified atom stereocenters. The lowest BCUT2D eigenvalue weighted by Crippen LogP contribution is -2.30. The average molecular weight is 201 g/mol. The molecule has 2 aliphatic rings. The lowest BCUT2D eigenvalue weighted by Gasteiger charge is -2.23. The van der Waals surface area contributed by atoms with E-state index in [9.17, 15) is 0 Å². The normalized spacial score (nSPS) is 28.5. The highest BCUT2D eigenvalue weighted by atomic mass is 15.3. The molecule has 1 saturated heterocycles. The van der Waals surface area contributed by atoms with E-state index >= 15 is 0 Å². The van der Waals surface area contributed by atoms with Gasteiger partial charge in [-0.25, -0.2) is 0 Å². The molecule has 0 radical (unpaired) electrons. The highest BCUT2D eigenvalue weighted by molar-refractivity contribution is 5.17. The molecule has 1 aromatic rings. The summed E-state index contributed by atoms with van der Waals surface area (Å²) in [5.74, 6) is 0.899. The smallest absolute Gasteiger partial charge is 0.0239 e. The van der Waals surface area contributed by atoms with Crippen molar-refractivity contribution >= 4 is 0 Å². The molecule has 1 spiro atoms. The zero-order chi connectivity index (χ0) is 10.3. The van der Waals surface area contributed by atoms with Gasteiger partial charge in [-0.2, -0.15) is 0 Å².